The Kier molecular flexibility index (Phi) is 7.11. The monoisotopic (exact) mass is 466 g/mol. The van der Waals surface area contributed by atoms with E-state index in [2.05, 4.69) is 15.5 Å². The van der Waals surface area contributed by atoms with Crippen molar-refractivity contribution in [1.29, 1.82) is 0 Å². The highest BCUT2D eigenvalue weighted by atomic mass is 35.5. The van der Waals surface area contributed by atoms with E-state index in [0.29, 0.717) is 36.3 Å². The van der Waals surface area contributed by atoms with Gasteiger partial charge in [0.25, 0.3) is 5.89 Å². The number of hydrogen-bond donors (Lipinski definition) is 1. The predicted octanol–water partition coefficient (Wildman–Crippen LogP) is 5.70. The SMILES string of the molecule is CC1=C(c2nc(-c3cccc(Cl)c3)no2)C(c2ccccc2)NC(=O)N1CCCOC(C)C. The van der Waals surface area contributed by atoms with Crippen LogP contribution in [0.5, 0.6) is 0 Å². The third-order valence-corrected chi connectivity index (χ3v) is 5.68. The van der Waals surface area contributed by atoms with Crippen molar-refractivity contribution < 1.29 is 14.1 Å². The topological polar surface area (TPSA) is 80.5 Å². The molecule has 8 heteroatoms. The van der Waals surface area contributed by atoms with E-state index in [4.69, 9.17) is 20.9 Å². The zero-order chi connectivity index (χ0) is 23.4. The molecule has 4 rings (SSSR count). The number of hydrogen-bond acceptors (Lipinski definition) is 5. The lowest BCUT2D eigenvalue weighted by molar-refractivity contribution is 0.0736. The molecular weight excluding hydrogens is 440 g/mol. The van der Waals surface area contributed by atoms with Gasteiger partial charge < -0.3 is 14.6 Å². The molecule has 1 aliphatic rings. The van der Waals surface area contributed by atoms with Crippen LogP contribution in [0.4, 0.5) is 4.79 Å². The Morgan fingerprint density at radius 3 is 2.70 bits per heavy atom. The number of carbonyl (C=O) groups excluding carboxylic acids is 1. The van der Waals surface area contributed by atoms with Gasteiger partial charge in [-0.3, -0.25) is 4.90 Å². The number of aromatic nitrogens is 2. The number of allylic oxidation sites excluding steroid dienone is 1. The molecule has 172 valence electrons. The molecule has 0 saturated carbocycles. The predicted molar refractivity (Wildman–Crippen MR) is 127 cm³/mol. The first-order valence-electron chi connectivity index (χ1n) is 11.0. The summed E-state index contributed by atoms with van der Waals surface area (Å²) in [7, 11) is 0. The molecule has 33 heavy (non-hydrogen) atoms. The molecule has 1 unspecified atom stereocenters. The van der Waals surface area contributed by atoms with E-state index in [9.17, 15) is 4.79 Å². The molecule has 0 fully saturated rings. The maximum Gasteiger partial charge on any atom is 0.322 e. The summed E-state index contributed by atoms with van der Waals surface area (Å²) in [6.07, 6.45) is 0.863. The van der Waals surface area contributed by atoms with Crippen molar-refractivity contribution in [2.75, 3.05) is 13.2 Å². The van der Waals surface area contributed by atoms with E-state index >= 15 is 0 Å². The first-order chi connectivity index (χ1) is 15.9. The standard InChI is InChI=1S/C25H27ClN4O3/c1-16(2)32-14-8-13-30-17(3)21(22(27-25(30)31)18-9-5-4-6-10-18)24-28-23(29-33-24)19-11-7-12-20(26)15-19/h4-7,9-12,15-16,22H,8,13-14H2,1-3H3,(H,27,31). The Labute approximate surface area is 198 Å². The largest absolute Gasteiger partial charge is 0.379 e. The van der Waals surface area contributed by atoms with E-state index in [0.717, 1.165) is 22.4 Å². The van der Waals surface area contributed by atoms with Crippen LogP contribution in [0, 0.1) is 0 Å². The Hall–Kier alpha value is -3.16. The molecule has 3 aromatic rings. The van der Waals surface area contributed by atoms with Gasteiger partial charge in [-0.15, -0.1) is 0 Å². The van der Waals surface area contributed by atoms with Gasteiger partial charge in [-0.2, -0.15) is 4.98 Å². The number of urea groups is 1. The van der Waals surface area contributed by atoms with Gasteiger partial charge in [-0.05, 0) is 44.9 Å². The molecule has 0 saturated heterocycles. The molecule has 1 atom stereocenters. The van der Waals surface area contributed by atoms with E-state index < -0.39 is 6.04 Å². The summed E-state index contributed by atoms with van der Waals surface area (Å²) in [6, 6.07) is 16.5. The van der Waals surface area contributed by atoms with Crippen LogP contribution < -0.4 is 5.32 Å². The molecule has 1 aromatic heterocycles. The van der Waals surface area contributed by atoms with Crippen LogP contribution in [-0.2, 0) is 4.74 Å². The second kappa shape index (κ2) is 10.2. The van der Waals surface area contributed by atoms with E-state index in [1.165, 1.54) is 0 Å². The number of amides is 2. The lowest BCUT2D eigenvalue weighted by Crippen LogP contribution is -2.46. The number of benzene rings is 2. The summed E-state index contributed by atoms with van der Waals surface area (Å²) in [5.41, 5.74) is 3.24. The van der Waals surface area contributed by atoms with Crippen LogP contribution in [-0.4, -0.2) is 40.3 Å². The average molecular weight is 467 g/mol. The molecule has 0 radical (unpaired) electrons. The summed E-state index contributed by atoms with van der Waals surface area (Å²) in [6.45, 7) is 7.00. The van der Waals surface area contributed by atoms with Crippen LogP contribution in [0.25, 0.3) is 17.0 Å². The van der Waals surface area contributed by atoms with Gasteiger partial charge in [0.2, 0.25) is 5.82 Å². The molecule has 0 aliphatic carbocycles. The van der Waals surface area contributed by atoms with Gasteiger partial charge in [0, 0.05) is 29.4 Å². The maximum absolute atomic E-state index is 13.0. The van der Waals surface area contributed by atoms with Crippen molar-refractivity contribution in [3.8, 4) is 11.4 Å². The van der Waals surface area contributed by atoms with Gasteiger partial charge in [0.1, 0.15) is 0 Å². The lowest BCUT2D eigenvalue weighted by Gasteiger charge is -2.35. The lowest BCUT2D eigenvalue weighted by atomic mass is 9.94. The van der Waals surface area contributed by atoms with Crippen molar-refractivity contribution in [2.24, 2.45) is 0 Å². The van der Waals surface area contributed by atoms with Crippen molar-refractivity contribution >= 4 is 23.2 Å². The van der Waals surface area contributed by atoms with Gasteiger partial charge in [0.05, 0.1) is 17.7 Å². The molecule has 2 heterocycles. The van der Waals surface area contributed by atoms with Crippen LogP contribution in [0.15, 0.2) is 64.8 Å². The minimum absolute atomic E-state index is 0.151. The fourth-order valence-corrected chi connectivity index (χ4v) is 4.03. The number of nitrogens with one attached hydrogen (secondary N) is 1. The van der Waals surface area contributed by atoms with Crippen LogP contribution in [0.1, 0.15) is 44.7 Å². The number of nitrogens with zero attached hydrogens (tertiary/aromatic N) is 3. The van der Waals surface area contributed by atoms with Crippen LogP contribution in [0.3, 0.4) is 0 Å². The summed E-state index contributed by atoms with van der Waals surface area (Å²) in [5, 5.41) is 7.88. The number of halogens is 1. The highest BCUT2D eigenvalue weighted by Gasteiger charge is 2.35. The van der Waals surface area contributed by atoms with Crippen LogP contribution in [0.2, 0.25) is 5.02 Å². The van der Waals surface area contributed by atoms with E-state index in [1.54, 1.807) is 17.0 Å². The fraction of sp³-hybridized carbons (Fsp3) is 0.320. The Balaban J connectivity index is 1.70. The average Bonchev–Trinajstić information content (AvgIpc) is 3.28. The number of ether oxygens (including phenoxy) is 1. The normalized spacial score (nSPS) is 16.5. The molecule has 0 bridgehead atoms. The molecule has 2 amide bonds. The van der Waals surface area contributed by atoms with Crippen molar-refractivity contribution in [3.63, 3.8) is 0 Å². The first-order valence-corrected chi connectivity index (χ1v) is 11.4. The maximum atomic E-state index is 13.0. The first kappa shape index (κ1) is 23.0. The fourth-order valence-electron chi connectivity index (χ4n) is 3.84. The van der Waals surface area contributed by atoms with E-state index in [1.807, 2.05) is 63.2 Å². The highest BCUT2D eigenvalue weighted by Crippen LogP contribution is 2.37. The minimum Gasteiger partial charge on any atom is -0.379 e. The third-order valence-electron chi connectivity index (χ3n) is 5.45. The highest BCUT2D eigenvalue weighted by molar-refractivity contribution is 6.30. The second-order valence-corrected chi connectivity index (χ2v) is 8.59. The number of rotatable bonds is 8. The van der Waals surface area contributed by atoms with Gasteiger partial charge in [0.15, 0.2) is 0 Å². The molecule has 2 aromatic carbocycles. The molecule has 7 nitrogen and oxygen atoms in total. The van der Waals surface area contributed by atoms with Gasteiger partial charge in [-0.25, -0.2) is 4.79 Å². The van der Waals surface area contributed by atoms with E-state index in [-0.39, 0.29) is 12.1 Å². The molecule has 0 spiro atoms. The third kappa shape index (κ3) is 5.26. The second-order valence-electron chi connectivity index (χ2n) is 8.15. The summed E-state index contributed by atoms with van der Waals surface area (Å²) < 4.78 is 11.3. The molecular formula is C25H27ClN4O3. The quantitative estimate of drug-likeness (QED) is 0.430. The van der Waals surface area contributed by atoms with Gasteiger partial charge in [-0.1, -0.05) is 59.2 Å². The molecule has 1 N–H and O–H groups in total. The van der Waals surface area contributed by atoms with Gasteiger partial charge >= 0.3 is 6.03 Å². The summed E-state index contributed by atoms with van der Waals surface area (Å²) >= 11 is 6.13. The zero-order valence-corrected chi connectivity index (χ0v) is 19.7. The van der Waals surface area contributed by atoms with Crippen molar-refractivity contribution in [2.45, 2.75) is 39.3 Å². The molecule has 1 aliphatic heterocycles. The zero-order valence-electron chi connectivity index (χ0n) is 18.9. The number of carbonyl (C=O) groups is 1. The van der Waals surface area contributed by atoms with Crippen molar-refractivity contribution in [1.82, 2.24) is 20.4 Å². The van der Waals surface area contributed by atoms with Crippen LogP contribution >= 0.6 is 11.6 Å². The Bertz CT molecular complexity index is 1140. The van der Waals surface area contributed by atoms with Crippen molar-refractivity contribution in [3.05, 3.63) is 76.8 Å². The minimum atomic E-state index is -0.408. The summed E-state index contributed by atoms with van der Waals surface area (Å²) in [5.74, 6) is 0.799. The smallest absolute Gasteiger partial charge is 0.322 e. The Morgan fingerprint density at radius 2 is 1.97 bits per heavy atom. The summed E-state index contributed by atoms with van der Waals surface area (Å²) in [4.78, 5) is 19.4. The Morgan fingerprint density at radius 1 is 1.18 bits per heavy atom.